The summed E-state index contributed by atoms with van der Waals surface area (Å²) in [4.78, 5) is 24.3. The Morgan fingerprint density at radius 1 is 1.65 bits per heavy atom. The van der Waals surface area contributed by atoms with Crippen molar-refractivity contribution in [3.8, 4) is 0 Å². The minimum Gasteiger partial charge on any atom is -0.373 e. The van der Waals surface area contributed by atoms with Gasteiger partial charge in [0, 0.05) is 32.2 Å². The third kappa shape index (κ3) is 2.81. The number of carbonyl (C=O) groups is 1. The van der Waals surface area contributed by atoms with Gasteiger partial charge in [-0.05, 0) is 6.92 Å². The van der Waals surface area contributed by atoms with Crippen LogP contribution < -0.4 is 5.73 Å². The van der Waals surface area contributed by atoms with Crippen LogP contribution in [0.1, 0.15) is 17.4 Å². The van der Waals surface area contributed by atoms with E-state index in [0.29, 0.717) is 25.4 Å². The molecule has 2 atom stereocenters. The number of rotatable bonds is 3. The van der Waals surface area contributed by atoms with Crippen molar-refractivity contribution >= 4 is 11.6 Å². The van der Waals surface area contributed by atoms with Gasteiger partial charge in [0.05, 0.1) is 23.8 Å². The van der Waals surface area contributed by atoms with Crippen molar-refractivity contribution in [2.75, 3.05) is 19.7 Å². The van der Waals surface area contributed by atoms with Crippen molar-refractivity contribution in [2.45, 2.75) is 19.1 Å². The molecule has 1 aliphatic heterocycles. The van der Waals surface area contributed by atoms with Crippen LogP contribution >= 0.6 is 0 Å². The number of carbonyl (C=O) groups excluding carboxylic acids is 1. The van der Waals surface area contributed by atoms with Crippen molar-refractivity contribution in [3.05, 3.63) is 28.1 Å². The normalized spacial score (nSPS) is 20.8. The molecule has 0 spiro atoms. The minimum absolute atomic E-state index is 0.0900. The van der Waals surface area contributed by atoms with Gasteiger partial charge in [-0.15, -0.1) is 0 Å². The maximum Gasteiger partial charge on any atom is 0.287 e. The third-order valence-corrected chi connectivity index (χ3v) is 3.39. The molecule has 110 valence electrons. The molecule has 2 rings (SSSR count). The number of nitrogens with two attached hydrogens (primary N) is 1. The minimum atomic E-state index is -0.513. The zero-order valence-electron chi connectivity index (χ0n) is 11.5. The van der Waals surface area contributed by atoms with Crippen LogP contribution in [0.4, 0.5) is 5.69 Å². The Labute approximate surface area is 116 Å². The number of amides is 1. The fourth-order valence-corrected chi connectivity index (χ4v) is 2.20. The number of aryl methyl sites for hydroxylation is 1. The summed E-state index contributed by atoms with van der Waals surface area (Å²) in [5, 5.41) is 10.7. The van der Waals surface area contributed by atoms with E-state index in [1.165, 1.54) is 16.8 Å². The molecule has 0 radical (unpaired) electrons. The second-order valence-corrected chi connectivity index (χ2v) is 4.97. The van der Waals surface area contributed by atoms with E-state index < -0.39 is 4.92 Å². The molecule has 0 saturated carbocycles. The number of morpholine rings is 1. The third-order valence-electron chi connectivity index (χ3n) is 3.39. The van der Waals surface area contributed by atoms with Crippen molar-refractivity contribution in [3.63, 3.8) is 0 Å². The zero-order valence-corrected chi connectivity index (χ0v) is 11.5. The second kappa shape index (κ2) is 5.59. The quantitative estimate of drug-likeness (QED) is 0.626. The topological polar surface area (TPSA) is 104 Å². The van der Waals surface area contributed by atoms with E-state index in [9.17, 15) is 14.9 Å². The molecule has 8 heteroatoms. The molecular weight excluding hydrogens is 264 g/mol. The van der Waals surface area contributed by atoms with Gasteiger partial charge in [-0.25, -0.2) is 0 Å². The van der Waals surface area contributed by atoms with Gasteiger partial charge in [-0.3, -0.25) is 14.9 Å². The molecule has 1 aromatic heterocycles. The number of aromatic nitrogens is 1. The Morgan fingerprint density at radius 2 is 2.35 bits per heavy atom. The van der Waals surface area contributed by atoms with E-state index in [1.54, 1.807) is 11.9 Å². The number of nitro groups is 1. The van der Waals surface area contributed by atoms with Crippen molar-refractivity contribution in [2.24, 2.45) is 12.8 Å². The largest absolute Gasteiger partial charge is 0.373 e. The molecule has 1 aromatic rings. The monoisotopic (exact) mass is 282 g/mol. The summed E-state index contributed by atoms with van der Waals surface area (Å²) in [5.74, 6) is -0.241. The summed E-state index contributed by atoms with van der Waals surface area (Å²) in [7, 11) is 1.61. The first-order chi connectivity index (χ1) is 9.40. The lowest BCUT2D eigenvalue weighted by Crippen LogP contribution is -2.51. The summed E-state index contributed by atoms with van der Waals surface area (Å²) in [6.07, 6.45) is 1.12. The van der Waals surface area contributed by atoms with Crippen LogP contribution in [0.25, 0.3) is 0 Å². The smallest absolute Gasteiger partial charge is 0.287 e. The molecule has 0 aromatic carbocycles. The average molecular weight is 282 g/mol. The Kier molecular flexibility index (Phi) is 4.05. The molecule has 0 bridgehead atoms. The van der Waals surface area contributed by atoms with Gasteiger partial charge in [-0.2, -0.15) is 0 Å². The molecule has 1 fully saturated rings. The lowest BCUT2D eigenvalue weighted by Gasteiger charge is -2.34. The maximum absolute atomic E-state index is 12.4. The average Bonchev–Trinajstić information content (AvgIpc) is 2.80. The van der Waals surface area contributed by atoms with E-state index >= 15 is 0 Å². The second-order valence-electron chi connectivity index (χ2n) is 4.97. The molecule has 20 heavy (non-hydrogen) atoms. The summed E-state index contributed by atoms with van der Waals surface area (Å²) < 4.78 is 6.96. The van der Waals surface area contributed by atoms with Crippen molar-refractivity contribution < 1.29 is 14.5 Å². The first kappa shape index (κ1) is 14.5. The highest BCUT2D eigenvalue weighted by atomic mass is 16.6. The van der Waals surface area contributed by atoms with Crippen LogP contribution in [0.5, 0.6) is 0 Å². The van der Waals surface area contributed by atoms with Crippen LogP contribution in [0.2, 0.25) is 0 Å². The van der Waals surface area contributed by atoms with Gasteiger partial charge < -0.3 is 19.9 Å². The van der Waals surface area contributed by atoms with E-state index in [-0.39, 0.29) is 23.7 Å². The molecule has 2 N–H and O–H groups in total. The van der Waals surface area contributed by atoms with Gasteiger partial charge in [0.15, 0.2) is 0 Å². The summed E-state index contributed by atoms with van der Waals surface area (Å²) in [6.45, 7) is 3.10. The Bertz CT molecular complexity index is 526. The molecule has 8 nitrogen and oxygen atoms in total. The van der Waals surface area contributed by atoms with Crippen molar-refractivity contribution in [1.29, 1.82) is 0 Å². The SMILES string of the molecule is CC(N)C1CN(C(=O)c2cc([N+](=O)[O-])cn2C)CCO1. The molecular formula is C12H18N4O4. The van der Waals surface area contributed by atoms with Crippen LogP contribution in [-0.4, -0.2) is 52.1 Å². The molecule has 0 aliphatic carbocycles. The summed E-state index contributed by atoms with van der Waals surface area (Å²) in [5.41, 5.74) is 5.99. The van der Waals surface area contributed by atoms with Crippen molar-refractivity contribution in [1.82, 2.24) is 9.47 Å². The van der Waals surface area contributed by atoms with Crippen LogP contribution in [0, 0.1) is 10.1 Å². The van der Waals surface area contributed by atoms with Crippen LogP contribution in [0.15, 0.2) is 12.3 Å². The zero-order chi connectivity index (χ0) is 14.9. The number of nitrogens with zero attached hydrogens (tertiary/aromatic N) is 3. The van der Waals surface area contributed by atoms with Gasteiger partial charge in [0.2, 0.25) is 0 Å². The van der Waals surface area contributed by atoms with E-state index in [2.05, 4.69) is 0 Å². The lowest BCUT2D eigenvalue weighted by atomic mass is 10.1. The molecule has 1 aliphatic rings. The molecule has 2 unspecified atom stereocenters. The first-order valence-corrected chi connectivity index (χ1v) is 6.37. The molecule has 2 heterocycles. The fourth-order valence-electron chi connectivity index (χ4n) is 2.20. The fraction of sp³-hybridized carbons (Fsp3) is 0.583. The molecule has 1 amide bonds. The Hall–Kier alpha value is -1.93. The standard InChI is InChI=1S/C12H18N4O4/c1-8(13)11-7-15(3-4-20-11)12(17)10-5-9(16(18)19)6-14(10)2/h5-6,8,11H,3-4,7,13H2,1-2H3. The van der Waals surface area contributed by atoms with Crippen LogP contribution in [-0.2, 0) is 11.8 Å². The first-order valence-electron chi connectivity index (χ1n) is 6.37. The van der Waals surface area contributed by atoms with E-state index in [4.69, 9.17) is 10.5 Å². The van der Waals surface area contributed by atoms with Gasteiger partial charge in [0.1, 0.15) is 5.69 Å². The van der Waals surface area contributed by atoms with E-state index in [1.807, 2.05) is 6.92 Å². The van der Waals surface area contributed by atoms with Gasteiger partial charge in [-0.1, -0.05) is 0 Å². The van der Waals surface area contributed by atoms with Gasteiger partial charge >= 0.3 is 0 Å². The number of hydrogen-bond donors (Lipinski definition) is 1. The highest BCUT2D eigenvalue weighted by molar-refractivity contribution is 5.93. The Balaban J connectivity index is 2.16. The molecule has 1 saturated heterocycles. The van der Waals surface area contributed by atoms with E-state index in [0.717, 1.165) is 0 Å². The maximum atomic E-state index is 12.4. The summed E-state index contributed by atoms with van der Waals surface area (Å²) >= 11 is 0. The lowest BCUT2D eigenvalue weighted by molar-refractivity contribution is -0.384. The number of hydrogen-bond acceptors (Lipinski definition) is 5. The predicted molar refractivity (Wildman–Crippen MR) is 71.4 cm³/mol. The highest BCUT2D eigenvalue weighted by Crippen LogP contribution is 2.18. The summed E-state index contributed by atoms with van der Waals surface area (Å²) in [6, 6.07) is 1.12. The highest BCUT2D eigenvalue weighted by Gasteiger charge is 2.29. The van der Waals surface area contributed by atoms with Crippen LogP contribution in [0.3, 0.4) is 0 Å². The van der Waals surface area contributed by atoms with Gasteiger partial charge in [0.25, 0.3) is 11.6 Å². The Morgan fingerprint density at radius 3 is 2.90 bits per heavy atom. The predicted octanol–water partition coefficient (Wildman–Crippen LogP) is 0.121. The number of ether oxygens (including phenoxy) is 1.